The van der Waals surface area contributed by atoms with Crippen molar-refractivity contribution in [2.24, 2.45) is 0 Å². The zero-order valence-corrected chi connectivity index (χ0v) is 12.8. The van der Waals surface area contributed by atoms with Crippen LogP contribution in [0.1, 0.15) is 22.5 Å². The number of rotatable bonds is 4. The number of nitrogens with one attached hydrogen (secondary N) is 1. The predicted octanol–water partition coefficient (Wildman–Crippen LogP) is 3.26. The third-order valence-corrected chi connectivity index (χ3v) is 3.44. The van der Waals surface area contributed by atoms with E-state index < -0.39 is 11.7 Å². The summed E-state index contributed by atoms with van der Waals surface area (Å²) in [6, 6.07) is 7.62. The van der Waals surface area contributed by atoms with Gasteiger partial charge < -0.3 is 5.32 Å². The Labute approximate surface area is 129 Å². The molecule has 1 aromatic carbocycles. The predicted molar refractivity (Wildman–Crippen MR) is 79.2 cm³/mol. The van der Waals surface area contributed by atoms with Crippen LogP contribution in [0.15, 0.2) is 28.7 Å². The van der Waals surface area contributed by atoms with Crippen molar-refractivity contribution in [1.82, 2.24) is 9.78 Å². The van der Waals surface area contributed by atoms with Crippen molar-refractivity contribution in [3.8, 4) is 6.07 Å². The second-order valence-corrected chi connectivity index (χ2v) is 5.23. The lowest BCUT2D eigenvalue weighted by Crippen LogP contribution is -2.16. The number of carbonyl (C=O) groups excluding carboxylic acids is 1. The molecule has 0 aliphatic carbocycles. The van der Waals surface area contributed by atoms with Gasteiger partial charge in [0, 0.05) is 10.5 Å². The highest BCUT2D eigenvalue weighted by atomic mass is 79.9. The van der Waals surface area contributed by atoms with E-state index in [1.54, 1.807) is 17.7 Å². The molecule has 0 saturated heterocycles. The number of aryl methyl sites for hydroxylation is 2. The van der Waals surface area contributed by atoms with E-state index in [1.807, 2.05) is 6.07 Å². The smallest absolute Gasteiger partial charge is 0.258 e. The molecule has 1 N–H and O–H groups in total. The number of hydrogen-bond acceptors (Lipinski definition) is 3. The molecule has 108 valence electrons. The lowest BCUT2D eigenvalue weighted by molar-refractivity contribution is 0.102. The Morgan fingerprint density at radius 3 is 3.00 bits per heavy atom. The van der Waals surface area contributed by atoms with Gasteiger partial charge in [0.2, 0.25) is 0 Å². The van der Waals surface area contributed by atoms with Crippen LogP contribution < -0.4 is 5.32 Å². The molecule has 5 nitrogen and oxygen atoms in total. The van der Waals surface area contributed by atoms with Crippen molar-refractivity contribution >= 4 is 27.7 Å². The highest BCUT2D eigenvalue weighted by Crippen LogP contribution is 2.20. The number of benzene rings is 1. The van der Waals surface area contributed by atoms with Crippen molar-refractivity contribution in [2.45, 2.75) is 19.9 Å². The molecule has 7 heteroatoms. The maximum absolute atomic E-state index is 13.2. The van der Waals surface area contributed by atoms with Gasteiger partial charge in [0.05, 0.1) is 30.3 Å². The topological polar surface area (TPSA) is 70.7 Å². The summed E-state index contributed by atoms with van der Waals surface area (Å²) >= 11 is 3.22. The van der Waals surface area contributed by atoms with Crippen LogP contribution in [0.3, 0.4) is 0 Å². The lowest BCUT2D eigenvalue weighted by atomic mass is 10.2. The summed E-state index contributed by atoms with van der Waals surface area (Å²) in [5, 5.41) is 15.5. The minimum atomic E-state index is -0.488. The first-order valence-electron chi connectivity index (χ1n) is 6.19. The SMILES string of the molecule is Cc1cc(NC(=O)c2cc(F)ccc2Br)n(CCC#N)n1. The van der Waals surface area contributed by atoms with E-state index in [0.717, 1.165) is 11.8 Å². The largest absolute Gasteiger partial charge is 0.307 e. The van der Waals surface area contributed by atoms with Crippen LogP contribution in [0, 0.1) is 24.1 Å². The zero-order chi connectivity index (χ0) is 15.4. The molecule has 0 aliphatic rings. The van der Waals surface area contributed by atoms with Crippen LogP contribution in [0.25, 0.3) is 0 Å². The molecule has 0 unspecified atom stereocenters. The van der Waals surface area contributed by atoms with Gasteiger partial charge in [0.15, 0.2) is 0 Å². The van der Waals surface area contributed by atoms with Crippen molar-refractivity contribution < 1.29 is 9.18 Å². The van der Waals surface area contributed by atoms with Gasteiger partial charge in [-0.2, -0.15) is 10.4 Å². The Hall–Kier alpha value is -2.20. The average molecular weight is 351 g/mol. The Bertz CT molecular complexity index is 720. The van der Waals surface area contributed by atoms with Crippen LogP contribution in [0.4, 0.5) is 10.2 Å². The maximum Gasteiger partial charge on any atom is 0.258 e. The highest BCUT2D eigenvalue weighted by molar-refractivity contribution is 9.10. The second-order valence-electron chi connectivity index (χ2n) is 4.38. The fourth-order valence-corrected chi connectivity index (χ4v) is 2.25. The van der Waals surface area contributed by atoms with Gasteiger partial charge in [-0.05, 0) is 41.1 Å². The fourth-order valence-electron chi connectivity index (χ4n) is 1.83. The van der Waals surface area contributed by atoms with Gasteiger partial charge >= 0.3 is 0 Å². The molecule has 0 atom stereocenters. The first kappa shape index (κ1) is 15.2. The Balaban J connectivity index is 2.23. The van der Waals surface area contributed by atoms with Crippen LogP contribution in [-0.2, 0) is 6.54 Å². The number of hydrogen-bond donors (Lipinski definition) is 1. The van der Waals surface area contributed by atoms with Gasteiger partial charge in [-0.15, -0.1) is 0 Å². The molecule has 1 heterocycles. The zero-order valence-electron chi connectivity index (χ0n) is 11.2. The minimum absolute atomic E-state index is 0.195. The van der Waals surface area contributed by atoms with E-state index in [0.29, 0.717) is 16.8 Å². The molecule has 0 fully saturated rings. The number of nitrogens with zero attached hydrogens (tertiary/aromatic N) is 3. The molecule has 1 aromatic heterocycles. The Kier molecular flexibility index (Phi) is 4.70. The highest BCUT2D eigenvalue weighted by Gasteiger charge is 2.14. The third kappa shape index (κ3) is 3.67. The molecular weight excluding hydrogens is 339 g/mol. The molecule has 0 bridgehead atoms. The summed E-state index contributed by atoms with van der Waals surface area (Å²) in [6.07, 6.45) is 0.285. The fraction of sp³-hybridized carbons (Fsp3) is 0.214. The van der Waals surface area contributed by atoms with Gasteiger partial charge in [0.25, 0.3) is 5.91 Å². The molecule has 21 heavy (non-hydrogen) atoms. The van der Waals surface area contributed by atoms with Crippen LogP contribution in [0.5, 0.6) is 0 Å². The van der Waals surface area contributed by atoms with Crippen LogP contribution in [0.2, 0.25) is 0 Å². The van der Waals surface area contributed by atoms with E-state index >= 15 is 0 Å². The molecule has 0 radical (unpaired) electrons. The summed E-state index contributed by atoms with van der Waals surface area (Å²) in [5.41, 5.74) is 0.919. The van der Waals surface area contributed by atoms with E-state index in [9.17, 15) is 9.18 Å². The summed E-state index contributed by atoms with van der Waals surface area (Å²) in [5.74, 6) is -0.457. The molecular formula is C14H12BrFN4O. The maximum atomic E-state index is 13.2. The van der Waals surface area contributed by atoms with Crippen molar-refractivity contribution in [2.75, 3.05) is 5.32 Å². The molecule has 0 spiro atoms. The van der Waals surface area contributed by atoms with Gasteiger partial charge in [-0.25, -0.2) is 9.07 Å². The Morgan fingerprint density at radius 1 is 1.52 bits per heavy atom. The average Bonchev–Trinajstić information content (AvgIpc) is 2.79. The lowest BCUT2D eigenvalue weighted by Gasteiger charge is -2.08. The molecule has 0 aliphatic heterocycles. The van der Waals surface area contributed by atoms with Gasteiger partial charge in [-0.3, -0.25) is 4.79 Å². The van der Waals surface area contributed by atoms with Crippen LogP contribution in [-0.4, -0.2) is 15.7 Å². The number of carbonyl (C=O) groups is 1. The summed E-state index contributed by atoms with van der Waals surface area (Å²) in [6.45, 7) is 2.17. The van der Waals surface area contributed by atoms with Crippen molar-refractivity contribution in [1.29, 1.82) is 5.26 Å². The molecule has 0 saturated carbocycles. The summed E-state index contributed by atoms with van der Waals surface area (Å²) in [7, 11) is 0. The van der Waals surface area contributed by atoms with E-state index in [1.165, 1.54) is 12.1 Å². The normalized spacial score (nSPS) is 10.2. The number of amides is 1. The second kappa shape index (κ2) is 6.50. The molecule has 1 amide bonds. The van der Waals surface area contributed by atoms with Crippen molar-refractivity contribution in [3.63, 3.8) is 0 Å². The van der Waals surface area contributed by atoms with E-state index in [-0.39, 0.29) is 12.0 Å². The number of aromatic nitrogens is 2. The third-order valence-electron chi connectivity index (χ3n) is 2.75. The first-order chi connectivity index (χ1) is 10.0. The quantitative estimate of drug-likeness (QED) is 0.919. The summed E-state index contributed by atoms with van der Waals surface area (Å²) < 4.78 is 15.3. The van der Waals surface area contributed by atoms with E-state index in [2.05, 4.69) is 26.3 Å². The monoisotopic (exact) mass is 350 g/mol. The van der Waals surface area contributed by atoms with Gasteiger partial charge in [-0.1, -0.05) is 0 Å². The molecule has 2 aromatic rings. The standard InChI is InChI=1S/C14H12BrFN4O/c1-9-7-13(20(19-9)6-2-5-17)18-14(21)11-8-10(16)3-4-12(11)15/h3-4,7-8H,2,6H2,1H3,(H,18,21). The Morgan fingerprint density at radius 2 is 2.29 bits per heavy atom. The first-order valence-corrected chi connectivity index (χ1v) is 6.98. The van der Waals surface area contributed by atoms with Crippen LogP contribution >= 0.6 is 15.9 Å². The van der Waals surface area contributed by atoms with Gasteiger partial charge in [0.1, 0.15) is 11.6 Å². The van der Waals surface area contributed by atoms with E-state index in [4.69, 9.17) is 5.26 Å². The molecule has 2 rings (SSSR count). The number of nitriles is 1. The number of anilines is 1. The van der Waals surface area contributed by atoms with Crippen molar-refractivity contribution in [3.05, 3.63) is 45.8 Å². The minimum Gasteiger partial charge on any atom is -0.307 e. The number of halogens is 2. The summed E-state index contributed by atoms with van der Waals surface area (Å²) in [4.78, 5) is 12.2.